The van der Waals surface area contributed by atoms with E-state index in [2.05, 4.69) is 12.6 Å². The third-order valence-corrected chi connectivity index (χ3v) is 2.15. The molecule has 0 aromatic heterocycles. The zero-order valence-corrected chi connectivity index (χ0v) is 11.3. The third-order valence-electron chi connectivity index (χ3n) is 1.94. The van der Waals surface area contributed by atoms with Gasteiger partial charge >= 0.3 is 5.97 Å². The maximum Gasteiger partial charge on any atom is 0.338 e. The molecule has 0 spiro atoms. The monoisotopic (exact) mass is 250 g/mol. The molecule has 0 aliphatic rings. The average Bonchev–Trinajstić information content (AvgIpc) is 2.24. The fourth-order valence-corrected chi connectivity index (χ4v) is 1.40. The van der Waals surface area contributed by atoms with Crippen molar-refractivity contribution < 1.29 is 9.53 Å². The van der Waals surface area contributed by atoms with E-state index >= 15 is 0 Å². The number of hydrogen-bond donors (Lipinski definition) is 1. The lowest BCUT2D eigenvalue weighted by atomic mass is 10.1. The van der Waals surface area contributed by atoms with Gasteiger partial charge in [0.15, 0.2) is 0 Å². The molecule has 3 heteroatoms. The van der Waals surface area contributed by atoms with Crippen LogP contribution >= 0.6 is 12.6 Å². The summed E-state index contributed by atoms with van der Waals surface area (Å²) in [6, 6.07) is 7.35. The molecular weight excluding hydrogens is 232 g/mol. The summed E-state index contributed by atoms with van der Waals surface area (Å²) in [7, 11) is 0. The van der Waals surface area contributed by atoms with Gasteiger partial charge in [-0.15, -0.1) is 0 Å². The first kappa shape index (κ1) is 13.8. The van der Waals surface area contributed by atoms with Gasteiger partial charge in [0.1, 0.15) is 5.60 Å². The molecule has 1 aromatic carbocycles. The standard InChI is InChI=1S/C14H18O2S/c1-14(2,3)16-13(15)12-8-4-6-11(10-12)7-5-9-17/h4-8,10,17H,9H2,1-3H3. The molecule has 0 bridgehead atoms. The predicted molar refractivity (Wildman–Crippen MR) is 74.5 cm³/mol. The minimum Gasteiger partial charge on any atom is -0.456 e. The molecule has 0 atom stereocenters. The van der Waals surface area contributed by atoms with Crippen LogP contribution in [0.4, 0.5) is 0 Å². The molecule has 0 saturated carbocycles. The molecule has 92 valence electrons. The lowest BCUT2D eigenvalue weighted by Crippen LogP contribution is -2.23. The normalized spacial score (nSPS) is 11.8. The lowest BCUT2D eigenvalue weighted by molar-refractivity contribution is 0.00695. The van der Waals surface area contributed by atoms with E-state index in [1.807, 2.05) is 51.1 Å². The van der Waals surface area contributed by atoms with Crippen molar-refractivity contribution in [1.82, 2.24) is 0 Å². The molecule has 0 N–H and O–H groups in total. The molecule has 0 aliphatic carbocycles. The van der Waals surface area contributed by atoms with Gasteiger partial charge < -0.3 is 4.74 Å². The first-order valence-corrected chi connectivity index (χ1v) is 6.16. The van der Waals surface area contributed by atoms with E-state index in [4.69, 9.17) is 4.74 Å². The third kappa shape index (κ3) is 5.09. The summed E-state index contributed by atoms with van der Waals surface area (Å²) in [5.41, 5.74) is 1.08. The van der Waals surface area contributed by atoms with Gasteiger partial charge in [-0.1, -0.05) is 24.3 Å². The van der Waals surface area contributed by atoms with E-state index in [0.717, 1.165) is 5.56 Å². The Balaban J connectivity index is 2.84. The number of carbonyl (C=O) groups excluding carboxylic acids is 1. The summed E-state index contributed by atoms with van der Waals surface area (Å²) in [6.45, 7) is 5.57. The molecule has 0 heterocycles. The number of benzene rings is 1. The number of hydrogen-bond acceptors (Lipinski definition) is 3. The second kappa shape index (κ2) is 5.92. The van der Waals surface area contributed by atoms with Crippen LogP contribution in [0.25, 0.3) is 6.08 Å². The molecular formula is C14H18O2S. The summed E-state index contributed by atoms with van der Waals surface area (Å²) in [6.07, 6.45) is 3.86. The van der Waals surface area contributed by atoms with Gasteiger partial charge in [0, 0.05) is 5.75 Å². The highest BCUT2D eigenvalue weighted by atomic mass is 32.1. The molecule has 1 aromatic rings. The van der Waals surface area contributed by atoms with Gasteiger partial charge in [0.2, 0.25) is 0 Å². The van der Waals surface area contributed by atoms with Crippen LogP contribution in [-0.2, 0) is 4.74 Å². The molecule has 0 saturated heterocycles. The van der Waals surface area contributed by atoms with E-state index in [9.17, 15) is 4.79 Å². The zero-order chi connectivity index (χ0) is 12.9. The van der Waals surface area contributed by atoms with E-state index in [0.29, 0.717) is 11.3 Å². The largest absolute Gasteiger partial charge is 0.456 e. The maximum absolute atomic E-state index is 11.8. The van der Waals surface area contributed by atoms with Gasteiger partial charge in [-0.3, -0.25) is 0 Å². The topological polar surface area (TPSA) is 26.3 Å². The van der Waals surface area contributed by atoms with Gasteiger partial charge in [0.05, 0.1) is 5.56 Å². The summed E-state index contributed by atoms with van der Waals surface area (Å²) < 4.78 is 5.31. The second-order valence-electron chi connectivity index (χ2n) is 4.71. The van der Waals surface area contributed by atoms with Crippen LogP contribution in [0.1, 0.15) is 36.7 Å². The smallest absolute Gasteiger partial charge is 0.338 e. The second-order valence-corrected chi connectivity index (χ2v) is 5.08. The lowest BCUT2D eigenvalue weighted by Gasteiger charge is -2.19. The number of esters is 1. The first-order valence-electron chi connectivity index (χ1n) is 5.53. The van der Waals surface area contributed by atoms with Crippen molar-refractivity contribution in [3.8, 4) is 0 Å². The van der Waals surface area contributed by atoms with Crippen molar-refractivity contribution >= 4 is 24.7 Å². The zero-order valence-electron chi connectivity index (χ0n) is 10.4. The van der Waals surface area contributed by atoms with Gasteiger partial charge in [-0.25, -0.2) is 4.79 Å². The average molecular weight is 250 g/mol. The van der Waals surface area contributed by atoms with E-state index in [1.165, 1.54) is 0 Å². The van der Waals surface area contributed by atoms with Crippen molar-refractivity contribution in [3.63, 3.8) is 0 Å². The van der Waals surface area contributed by atoms with Gasteiger partial charge in [-0.05, 0) is 38.5 Å². The molecule has 0 aliphatic heterocycles. The van der Waals surface area contributed by atoms with Crippen LogP contribution in [0.3, 0.4) is 0 Å². The fraction of sp³-hybridized carbons (Fsp3) is 0.357. The molecule has 0 amide bonds. The van der Waals surface area contributed by atoms with Crippen LogP contribution in [0, 0.1) is 0 Å². The highest BCUT2D eigenvalue weighted by Crippen LogP contribution is 2.14. The Morgan fingerprint density at radius 2 is 2.12 bits per heavy atom. The number of thiol groups is 1. The van der Waals surface area contributed by atoms with Crippen LogP contribution in [0.2, 0.25) is 0 Å². The Kier molecular flexibility index (Phi) is 4.82. The minimum atomic E-state index is -0.464. The van der Waals surface area contributed by atoms with E-state index < -0.39 is 5.60 Å². The van der Waals surface area contributed by atoms with Crippen LogP contribution < -0.4 is 0 Å². The van der Waals surface area contributed by atoms with Crippen molar-refractivity contribution in [3.05, 3.63) is 41.5 Å². The van der Waals surface area contributed by atoms with Crippen LogP contribution in [0.15, 0.2) is 30.3 Å². The molecule has 17 heavy (non-hydrogen) atoms. The van der Waals surface area contributed by atoms with Crippen molar-refractivity contribution in [2.45, 2.75) is 26.4 Å². The van der Waals surface area contributed by atoms with Crippen molar-refractivity contribution in [1.29, 1.82) is 0 Å². The van der Waals surface area contributed by atoms with Crippen molar-refractivity contribution in [2.24, 2.45) is 0 Å². The van der Waals surface area contributed by atoms with Crippen LogP contribution in [-0.4, -0.2) is 17.3 Å². The Bertz CT molecular complexity index is 416. The predicted octanol–water partition coefficient (Wildman–Crippen LogP) is 3.58. The Morgan fingerprint density at radius 3 is 2.71 bits per heavy atom. The molecule has 0 fully saturated rings. The summed E-state index contributed by atoms with van der Waals surface area (Å²) in [5.74, 6) is 0.384. The summed E-state index contributed by atoms with van der Waals surface area (Å²) >= 11 is 4.10. The quantitative estimate of drug-likeness (QED) is 0.655. The number of carbonyl (C=O) groups is 1. The highest BCUT2D eigenvalue weighted by molar-refractivity contribution is 7.80. The van der Waals surface area contributed by atoms with Crippen LogP contribution in [0.5, 0.6) is 0 Å². The minimum absolute atomic E-state index is 0.293. The Morgan fingerprint density at radius 1 is 1.41 bits per heavy atom. The Hall–Kier alpha value is -1.22. The van der Waals surface area contributed by atoms with E-state index in [-0.39, 0.29) is 5.97 Å². The summed E-state index contributed by atoms with van der Waals surface area (Å²) in [5, 5.41) is 0. The maximum atomic E-state index is 11.8. The molecule has 2 nitrogen and oxygen atoms in total. The van der Waals surface area contributed by atoms with Gasteiger partial charge in [0.25, 0.3) is 0 Å². The fourth-order valence-electron chi connectivity index (χ4n) is 1.30. The summed E-state index contributed by atoms with van der Waals surface area (Å²) in [4.78, 5) is 11.8. The SMILES string of the molecule is CC(C)(C)OC(=O)c1cccc(C=CCS)c1. The molecule has 0 radical (unpaired) electrons. The first-order chi connectivity index (χ1) is 7.92. The number of ether oxygens (including phenoxy) is 1. The number of rotatable bonds is 3. The van der Waals surface area contributed by atoms with E-state index in [1.54, 1.807) is 6.07 Å². The highest BCUT2D eigenvalue weighted by Gasteiger charge is 2.17. The molecule has 1 rings (SSSR count). The van der Waals surface area contributed by atoms with Crippen molar-refractivity contribution in [2.75, 3.05) is 5.75 Å². The Labute approximate surface area is 108 Å². The molecule has 0 unspecified atom stereocenters. The van der Waals surface area contributed by atoms with Gasteiger partial charge in [-0.2, -0.15) is 12.6 Å².